The van der Waals surface area contributed by atoms with Crippen LogP contribution in [0.5, 0.6) is 0 Å². The number of esters is 3. The summed E-state index contributed by atoms with van der Waals surface area (Å²) in [5.74, 6) is -1.06. The number of hydrogen-bond acceptors (Lipinski definition) is 6. The standard InChI is InChI=1S/C22H24O6/c1-4-28-22(25)13-16-7-5-6-8-18(16)19-10-9-15(12-20(23)26-2)11-17(19)14-21(24)27-3/h5-11H,4,12-14H2,1-3H3. The number of rotatable bonds is 8. The first-order valence-corrected chi connectivity index (χ1v) is 8.97. The summed E-state index contributed by atoms with van der Waals surface area (Å²) >= 11 is 0. The highest BCUT2D eigenvalue weighted by Gasteiger charge is 2.16. The van der Waals surface area contributed by atoms with Crippen LogP contribution in [-0.4, -0.2) is 38.7 Å². The SMILES string of the molecule is CCOC(=O)Cc1ccccc1-c1ccc(CC(=O)OC)cc1CC(=O)OC. The van der Waals surface area contributed by atoms with Gasteiger partial charge in [-0.05, 0) is 34.7 Å². The Balaban J connectivity index is 2.47. The van der Waals surface area contributed by atoms with Crippen LogP contribution >= 0.6 is 0 Å². The van der Waals surface area contributed by atoms with Crippen molar-refractivity contribution in [1.29, 1.82) is 0 Å². The number of hydrogen-bond donors (Lipinski definition) is 0. The largest absolute Gasteiger partial charge is 0.469 e. The average molecular weight is 384 g/mol. The Kier molecular flexibility index (Phi) is 7.75. The van der Waals surface area contributed by atoms with E-state index in [1.165, 1.54) is 14.2 Å². The summed E-state index contributed by atoms with van der Waals surface area (Å²) in [6.07, 6.45) is 0.287. The average Bonchev–Trinajstić information content (AvgIpc) is 2.69. The molecular weight excluding hydrogens is 360 g/mol. The lowest BCUT2D eigenvalue weighted by molar-refractivity contribution is -0.142. The normalized spacial score (nSPS) is 10.2. The van der Waals surface area contributed by atoms with Gasteiger partial charge in [-0.1, -0.05) is 42.5 Å². The lowest BCUT2D eigenvalue weighted by Crippen LogP contribution is -2.10. The van der Waals surface area contributed by atoms with Crippen molar-refractivity contribution in [3.05, 3.63) is 59.2 Å². The van der Waals surface area contributed by atoms with Gasteiger partial charge in [0.2, 0.25) is 0 Å². The van der Waals surface area contributed by atoms with E-state index in [0.717, 1.165) is 22.3 Å². The lowest BCUT2D eigenvalue weighted by atomic mass is 9.91. The topological polar surface area (TPSA) is 78.9 Å². The minimum atomic E-state index is -0.389. The predicted molar refractivity (Wildman–Crippen MR) is 104 cm³/mol. The number of carbonyl (C=O) groups excluding carboxylic acids is 3. The number of benzene rings is 2. The highest BCUT2D eigenvalue weighted by molar-refractivity contribution is 5.82. The summed E-state index contributed by atoms with van der Waals surface area (Å²) in [7, 11) is 2.66. The van der Waals surface area contributed by atoms with Crippen LogP contribution in [0, 0.1) is 0 Å². The van der Waals surface area contributed by atoms with Crippen LogP contribution < -0.4 is 0 Å². The van der Waals surface area contributed by atoms with Crippen LogP contribution in [0.2, 0.25) is 0 Å². The van der Waals surface area contributed by atoms with Gasteiger partial charge < -0.3 is 14.2 Å². The second-order valence-corrected chi connectivity index (χ2v) is 6.14. The van der Waals surface area contributed by atoms with Crippen LogP contribution in [0.3, 0.4) is 0 Å². The van der Waals surface area contributed by atoms with Crippen molar-refractivity contribution in [2.75, 3.05) is 20.8 Å². The zero-order chi connectivity index (χ0) is 20.5. The van der Waals surface area contributed by atoms with Crippen LogP contribution in [0.15, 0.2) is 42.5 Å². The zero-order valence-electron chi connectivity index (χ0n) is 16.3. The Hall–Kier alpha value is -3.15. The first kappa shape index (κ1) is 21.2. The number of ether oxygens (including phenoxy) is 3. The minimum Gasteiger partial charge on any atom is -0.469 e. The van der Waals surface area contributed by atoms with Gasteiger partial charge in [-0.25, -0.2) is 0 Å². The molecule has 2 rings (SSSR count). The molecule has 0 atom stereocenters. The van der Waals surface area contributed by atoms with Gasteiger partial charge in [0.15, 0.2) is 0 Å². The van der Waals surface area contributed by atoms with E-state index in [4.69, 9.17) is 14.2 Å². The molecule has 0 unspecified atom stereocenters. The number of methoxy groups -OCH3 is 2. The van der Waals surface area contributed by atoms with Crippen LogP contribution in [0.4, 0.5) is 0 Å². The molecule has 2 aromatic rings. The van der Waals surface area contributed by atoms with E-state index in [0.29, 0.717) is 12.2 Å². The van der Waals surface area contributed by atoms with Crippen molar-refractivity contribution >= 4 is 17.9 Å². The Labute approximate surface area is 164 Å². The molecule has 28 heavy (non-hydrogen) atoms. The lowest BCUT2D eigenvalue weighted by Gasteiger charge is -2.15. The fourth-order valence-corrected chi connectivity index (χ4v) is 2.94. The van der Waals surface area contributed by atoms with Crippen molar-refractivity contribution in [3.8, 4) is 11.1 Å². The summed E-state index contributed by atoms with van der Waals surface area (Å²) in [5, 5.41) is 0. The Bertz CT molecular complexity index is 856. The fourth-order valence-electron chi connectivity index (χ4n) is 2.94. The van der Waals surface area contributed by atoms with Crippen molar-refractivity contribution < 1.29 is 28.6 Å². The molecule has 148 valence electrons. The molecule has 0 saturated carbocycles. The molecular formula is C22H24O6. The summed E-state index contributed by atoms with van der Waals surface area (Å²) < 4.78 is 14.6. The van der Waals surface area contributed by atoms with Crippen molar-refractivity contribution in [2.24, 2.45) is 0 Å². The molecule has 0 radical (unpaired) electrons. The summed E-state index contributed by atoms with van der Waals surface area (Å²) in [4.78, 5) is 35.5. The monoisotopic (exact) mass is 384 g/mol. The van der Waals surface area contributed by atoms with E-state index in [1.807, 2.05) is 36.4 Å². The van der Waals surface area contributed by atoms with Crippen molar-refractivity contribution in [1.82, 2.24) is 0 Å². The third-order valence-corrected chi connectivity index (χ3v) is 4.26. The third-order valence-electron chi connectivity index (χ3n) is 4.26. The van der Waals surface area contributed by atoms with Gasteiger partial charge in [0.25, 0.3) is 0 Å². The second-order valence-electron chi connectivity index (χ2n) is 6.14. The van der Waals surface area contributed by atoms with Gasteiger partial charge in [-0.2, -0.15) is 0 Å². The van der Waals surface area contributed by atoms with Gasteiger partial charge in [-0.15, -0.1) is 0 Å². The molecule has 6 nitrogen and oxygen atoms in total. The van der Waals surface area contributed by atoms with Crippen LogP contribution in [0.25, 0.3) is 11.1 Å². The van der Waals surface area contributed by atoms with Gasteiger partial charge in [0, 0.05) is 0 Å². The highest BCUT2D eigenvalue weighted by Crippen LogP contribution is 2.29. The van der Waals surface area contributed by atoms with Gasteiger partial charge in [-0.3, -0.25) is 14.4 Å². The predicted octanol–water partition coefficient (Wildman–Crippen LogP) is 2.89. The van der Waals surface area contributed by atoms with Gasteiger partial charge in [0.1, 0.15) is 0 Å². The molecule has 0 amide bonds. The molecule has 0 aliphatic carbocycles. The smallest absolute Gasteiger partial charge is 0.310 e. The van der Waals surface area contributed by atoms with Crippen LogP contribution in [-0.2, 0) is 47.9 Å². The zero-order valence-corrected chi connectivity index (χ0v) is 16.3. The summed E-state index contributed by atoms with van der Waals surface area (Å²) in [5.41, 5.74) is 3.88. The molecule has 0 N–H and O–H groups in total. The van der Waals surface area contributed by atoms with E-state index >= 15 is 0 Å². The summed E-state index contributed by atoms with van der Waals surface area (Å²) in [6, 6.07) is 12.9. The Morgan fingerprint density at radius 2 is 1.36 bits per heavy atom. The fraction of sp³-hybridized carbons (Fsp3) is 0.318. The maximum absolute atomic E-state index is 12.0. The van der Waals surface area contributed by atoms with E-state index in [-0.39, 0.29) is 37.2 Å². The maximum Gasteiger partial charge on any atom is 0.310 e. The van der Waals surface area contributed by atoms with E-state index in [2.05, 4.69) is 0 Å². The number of carbonyl (C=O) groups is 3. The highest BCUT2D eigenvalue weighted by atomic mass is 16.5. The molecule has 6 heteroatoms. The van der Waals surface area contributed by atoms with Crippen molar-refractivity contribution in [2.45, 2.75) is 26.2 Å². The van der Waals surface area contributed by atoms with Gasteiger partial charge >= 0.3 is 17.9 Å². The molecule has 0 bridgehead atoms. The van der Waals surface area contributed by atoms with Crippen molar-refractivity contribution in [3.63, 3.8) is 0 Å². The quantitative estimate of drug-likeness (QED) is 0.514. The first-order chi connectivity index (χ1) is 13.5. The minimum absolute atomic E-state index is 0.0502. The molecule has 0 heterocycles. The van der Waals surface area contributed by atoms with E-state index in [1.54, 1.807) is 13.0 Å². The molecule has 0 aliphatic rings. The molecule has 0 aromatic heterocycles. The second kappa shape index (κ2) is 10.3. The molecule has 0 fully saturated rings. The third kappa shape index (κ3) is 5.67. The Morgan fingerprint density at radius 3 is 2.04 bits per heavy atom. The molecule has 0 aliphatic heterocycles. The first-order valence-electron chi connectivity index (χ1n) is 8.97. The van der Waals surface area contributed by atoms with Crippen LogP contribution in [0.1, 0.15) is 23.6 Å². The summed E-state index contributed by atoms with van der Waals surface area (Å²) in [6.45, 7) is 2.08. The Morgan fingerprint density at radius 1 is 0.750 bits per heavy atom. The molecule has 0 saturated heterocycles. The molecule has 2 aromatic carbocycles. The maximum atomic E-state index is 12.0. The van der Waals surface area contributed by atoms with Gasteiger partial charge in [0.05, 0.1) is 40.1 Å². The van der Waals surface area contributed by atoms with E-state index < -0.39 is 0 Å². The molecule has 0 spiro atoms. The van der Waals surface area contributed by atoms with E-state index in [9.17, 15) is 14.4 Å².